The maximum atomic E-state index is 5.29. The molecule has 0 aliphatic rings. The molecule has 2 rings (SSSR count). The summed E-state index contributed by atoms with van der Waals surface area (Å²) >= 11 is 5.29. The molecule has 0 spiro atoms. The minimum Gasteiger partial charge on any atom is -0.305 e. The Morgan fingerprint density at radius 3 is 1.62 bits per heavy atom. The molecule has 0 saturated carbocycles. The summed E-state index contributed by atoms with van der Waals surface area (Å²) in [6, 6.07) is 20.5. The van der Waals surface area contributed by atoms with Gasteiger partial charge in [0.1, 0.15) is 0 Å². The van der Waals surface area contributed by atoms with Crippen LogP contribution in [0, 0.1) is 0 Å². The highest BCUT2D eigenvalue weighted by Gasteiger charge is 1.90. The SMILES string of the molecule is CN(C)Cc1ccccc1.Cl.Cl.ClNCc1ccccc1. The first-order valence-electron chi connectivity index (χ1n) is 6.28. The smallest absolute Gasteiger partial charge is 0.0359 e. The van der Waals surface area contributed by atoms with Gasteiger partial charge in [-0.25, -0.2) is 4.84 Å². The average molecular weight is 350 g/mol. The molecule has 2 aromatic carbocycles. The molecular formula is C16H23Cl3N2. The second-order valence-corrected chi connectivity index (χ2v) is 4.79. The van der Waals surface area contributed by atoms with Crippen molar-refractivity contribution in [3.05, 3.63) is 71.8 Å². The van der Waals surface area contributed by atoms with Crippen LogP contribution in [0.25, 0.3) is 0 Å². The molecule has 5 heteroatoms. The summed E-state index contributed by atoms with van der Waals surface area (Å²) in [5.74, 6) is 0. The zero-order valence-electron chi connectivity index (χ0n) is 12.3. The van der Waals surface area contributed by atoms with E-state index in [1.165, 1.54) is 11.1 Å². The van der Waals surface area contributed by atoms with Gasteiger partial charge in [0.2, 0.25) is 0 Å². The highest BCUT2D eigenvalue weighted by Crippen LogP contribution is 1.99. The van der Waals surface area contributed by atoms with E-state index in [0.717, 1.165) is 13.1 Å². The van der Waals surface area contributed by atoms with Gasteiger partial charge < -0.3 is 4.90 Å². The van der Waals surface area contributed by atoms with Crippen molar-refractivity contribution in [3.8, 4) is 0 Å². The van der Waals surface area contributed by atoms with E-state index in [-0.39, 0.29) is 24.8 Å². The van der Waals surface area contributed by atoms with Gasteiger partial charge in [-0.2, -0.15) is 0 Å². The molecule has 0 aliphatic heterocycles. The minimum absolute atomic E-state index is 0. The van der Waals surface area contributed by atoms with Crippen LogP contribution in [0.2, 0.25) is 0 Å². The van der Waals surface area contributed by atoms with Crippen molar-refractivity contribution < 1.29 is 0 Å². The van der Waals surface area contributed by atoms with Gasteiger partial charge in [0.15, 0.2) is 0 Å². The predicted molar refractivity (Wildman–Crippen MR) is 97.5 cm³/mol. The monoisotopic (exact) mass is 348 g/mol. The molecule has 0 amide bonds. The first-order valence-corrected chi connectivity index (χ1v) is 6.66. The maximum Gasteiger partial charge on any atom is 0.0359 e. The molecule has 0 radical (unpaired) electrons. The highest BCUT2D eigenvalue weighted by atomic mass is 35.5. The summed E-state index contributed by atoms with van der Waals surface area (Å²) in [4.78, 5) is 4.72. The number of nitrogens with one attached hydrogen (secondary N) is 1. The van der Waals surface area contributed by atoms with Crippen LogP contribution in [0.15, 0.2) is 60.7 Å². The lowest BCUT2D eigenvalue weighted by Crippen LogP contribution is -2.10. The Morgan fingerprint density at radius 2 is 1.24 bits per heavy atom. The molecule has 0 unspecified atom stereocenters. The summed E-state index contributed by atoms with van der Waals surface area (Å²) < 4.78 is 0. The highest BCUT2D eigenvalue weighted by molar-refractivity contribution is 6.13. The molecule has 2 aromatic rings. The van der Waals surface area contributed by atoms with E-state index >= 15 is 0 Å². The average Bonchev–Trinajstić information content (AvgIpc) is 2.41. The number of benzene rings is 2. The Balaban J connectivity index is 0. The van der Waals surface area contributed by atoms with E-state index in [2.05, 4.69) is 48.1 Å². The quantitative estimate of drug-likeness (QED) is 0.816. The predicted octanol–water partition coefficient (Wildman–Crippen LogP) is 4.52. The molecule has 21 heavy (non-hydrogen) atoms. The fraction of sp³-hybridized carbons (Fsp3) is 0.250. The second kappa shape index (κ2) is 14.2. The van der Waals surface area contributed by atoms with E-state index in [1.807, 2.05) is 36.4 Å². The van der Waals surface area contributed by atoms with Gasteiger partial charge in [-0.1, -0.05) is 60.7 Å². The van der Waals surface area contributed by atoms with Crippen molar-refractivity contribution in [1.82, 2.24) is 9.74 Å². The summed E-state index contributed by atoms with van der Waals surface area (Å²) in [6.45, 7) is 1.75. The maximum absolute atomic E-state index is 5.29. The van der Waals surface area contributed by atoms with Crippen LogP contribution < -0.4 is 4.84 Å². The lowest BCUT2D eigenvalue weighted by Gasteiger charge is -2.08. The number of nitrogens with zero attached hydrogens (tertiary/aromatic N) is 1. The third-order valence-corrected chi connectivity index (χ3v) is 2.59. The van der Waals surface area contributed by atoms with Gasteiger partial charge in [-0.05, 0) is 37.0 Å². The number of hydrogen-bond donors (Lipinski definition) is 1. The molecule has 0 aromatic heterocycles. The zero-order valence-corrected chi connectivity index (χ0v) is 14.7. The minimum atomic E-state index is 0. The number of halogens is 3. The van der Waals surface area contributed by atoms with Crippen molar-refractivity contribution >= 4 is 36.6 Å². The number of hydrogen-bond acceptors (Lipinski definition) is 2. The van der Waals surface area contributed by atoms with Gasteiger partial charge in [0, 0.05) is 13.1 Å². The molecule has 118 valence electrons. The second-order valence-electron chi connectivity index (χ2n) is 4.52. The summed E-state index contributed by atoms with van der Waals surface area (Å²) in [5, 5.41) is 0. The van der Waals surface area contributed by atoms with E-state index in [1.54, 1.807) is 0 Å². The van der Waals surface area contributed by atoms with Gasteiger partial charge in [-0.15, -0.1) is 24.8 Å². The first-order chi connectivity index (χ1) is 9.22. The summed E-state index contributed by atoms with van der Waals surface area (Å²) in [7, 11) is 4.15. The third-order valence-electron chi connectivity index (χ3n) is 2.46. The molecule has 0 aliphatic carbocycles. The molecule has 1 N–H and O–H groups in total. The summed E-state index contributed by atoms with van der Waals surface area (Å²) in [6.07, 6.45) is 0. The standard InChI is InChI=1S/C9H13N.C7H8ClN.2ClH/c1-10(2)8-9-6-4-3-5-7-9;8-9-6-7-4-2-1-3-5-7;;/h3-7H,8H2,1-2H3;1-5,9H,6H2;2*1H. The lowest BCUT2D eigenvalue weighted by atomic mass is 10.2. The Labute approximate surface area is 145 Å². The van der Waals surface area contributed by atoms with Crippen molar-refractivity contribution in [2.24, 2.45) is 0 Å². The first kappa shape index (κ1) is 22.5. The fourth-order valence-corrected chi connectivity index (χ4v) is 1.78. The molecule has 2 nitrogen and oxygen atoms in total. The van der Waals surface area contributed by atoms with Gasteiger partial charge in [0.25, 0.3) is 0 Å². The molecule has 0 bridgehead atoms. The van der Waals surface area contributed by atoms with Gasteiger partial charge in [-0.3, -0.25) is 0 Å². The lowest BCUT2D eigenvalue weighted by molar-refractivity contribution is 0.402. The van der Waals surface area contributed by atoms with Crippen LogP contribution in [0.3, 0.4) is 0 Å². The van der Waals surface area contributed by atoms with Crippen LogP contribution in [0.1, 0.15) is 11.1 Å². The normalized spacial score (nSPS) is 8.95. The van der Waals surface area contributed by atoms with Crippen LogP contribution in [0.4, 0.5) is 0 Å². The third kappa shape index (κ3) is 11.6. The van der Waals surface area contributed by atoms with E-state index < -0.39 is 0 Å². The van der Waals surface area contributed by atoms with Crippen molar-refractivity contribution in [1.29, 1.82) is 0 Å². The van der Waals surface area contributed by atoms with Crippen molar-refractivity contribution in [2.75, 3.05) is 14.1 Å². The van der Waals surface area contributed by atoms with E-state index in [0.29, 0.717) is 0 Å². The summed E-state index contributed by atoms with van der Waals surface area (Å²) in [5.41, 5.74) is 2.57. The molecule has 0 fully saturated rings. The van der Waals surface area contributed by atoms with Crippen molar-refractivity contribution in [2.45, 2.75) is 13.1 Å². The zero-order chi connectivity index (χ0) is 13.9. The van der Waals surface area contributed by atoms with Gasteiger partial charge in [0.05, 0.1) is 0 Å². The van der Waals surface area contributed by atoms with E-state index in [4.69, 9.17) is 11.8 Å². The molecular weight excluding hydrogens is 327 g/mol. The van der Waals surface area contributed by atoms with Crippen LogP contribution in [-0.2, 0) is 13.1 Å². The van der Waals surface area contributed by atoms with Crippen LogP contribution in [-0.4, -0.2) is 19.0 Å². The topological polar surface area (TPSA) is 15.3 Å². The van der Waals surface area contributed by atoms with Crippen LogP contribution >= 0.6 is 36.6 Å². The molecule has 0 heterocycles. The Bertz CT molecular complexity index is 436. The largest absolute Gasteiger partial charge is 0.305 e. The Hall–Kier alpha value is -0.770. The van der Waals surface area contributed by atoms with E-state index in [9.17, 15) is 0 Å². The number of rotatable bonds is 4. The fourth-order valence-electron chi connectivity index (χ4n) is 1.62. The van der Waals surface area contributed by atoms with Crippen molar-refractivity contribution in [3.63, 3.8) is 0 Å². The molecule has 0 atom stereocenters. The Morgan fingerprint density at radius 1 is 0.810 bits per heavy atom. The van der Waals surface area contributed by atoms with Crippen LogP contribution in [0.5, 0.6) is 0 Å². The molecule has 0 saturated heterocycles. The Kier molecular flexibility index (Phi) is 15.2. The van der Waals surface area contributed by atoms with Gasteiger partial charge >= 0.3 is 0 Å².